The van der Waals surface area contributed by atoms with Crippen LogP contribution in [-0.2, 0) is 11.2 Å². The molecule has 0 saturated heterocycles. The third kappa shape index (κ3) is 2.72. The Balaban J connectivity index is 1.59. The van der Waals surface area contributed by atoms with Crippen LogP contribution in [0.1, 0.15) is 38.2 Å². The number of H-pyrrole nitrogens is 1. The fourth-order valence-electron chi connectivity index (χ4n) is 3.02. The molecule has 1 aromatic heterocycles. The van der Waals surface area contributed by atoms with Crippen LogP contribution in [0.2, 0.25) is 0 Å². The Hall–Kier alpha value is -1.77. The first-order valence-electron chi connectivity index (χ1n) is 7.54. The maximum Gasteiger partial charge on any atom is 0.224 e. The lowest BCUT2D eigenvalue weighted by Gasteiger charge is -2.14. The molecule has 1 fully saturated rings. The second-order valence-corrected chi connectivity index (χ2v) is 6.06. The summed E-state index contributed by atoms with van der Waals surface area (Å²) in [6.45, 7) is 3.07. The van der Waals surface area contributed by atoms with Gasteiger partial charge in [-0.3, -0.25) is 4.79 Å². The van der Waals surface area contributed by atoms with E-state index in [4.69, 9.17) is 0 Å². The zero-order valence-corrected chi connectivity index (χ0v) is 12.0. The van der Waals surface area contributed by atoms with E-state index in [0.717, 1.165) is 23.0 Å². The monoisotopic (exact) mass is 270 g/mol. The minimum atomic E-state index is 0.136. The maximum atomic E-state index is 12.1. The van der Waals surface area contributed by atoms with E-state index in [1.54, 1.807) is 0 Å². The fraction of sp³-hybridized carbons (Fsp3) is 0.471. The van der Waals surface area contributed by atoms with E-state index >= 15 is 0 Å². The Bertz CT molecular complexity index is 610. The quantitative estimate of drug-likeness (QED) is 0.830. The van der Waals surface area contributed by atoms with Crippen LogP contribution in [0.3, 0.4) is 0 Å². The number of hydrogen-bond acceptors (Lipinski definition) is 1. The summed E-state index contributed by atoms with van der Waals surface area (Å²) in [5.41, 5.74) is 2.60. The summed E-state index contributed by atoms with van der Waals surface area (Å²) in [7, 11) is 0. The Morgan fingerprint density at radius 2 is 2.15 bits per heavy atom. The maximum absolute atomic E-state index is 12.1. The highest BCUT2D eigenvalue weighted by atomic mass is 16.1. The Labute approximate surface area is 119 Å². The molecule has 0 bridgehead atoms. The van der Waals surface area contributed by atoms with Crippen molar-refractivity contribution in [2.45, 2.75) is 39.0 Å². The highest BCUT2D eigenvalue weighted by Crippen LogP contribution is 2.48. The lowest BCUT2D eigenvalue weighted by Crippen LogP contribution is -2.31. The minimum Gasteiger partial charge on any atom is -0.361 e. The van der Waals surface area contributed by atoms with Crippen LogP contribution in [-0.4, -0.2) is 17.4 Å². The first kappa shape index (κ1) is 13.2. The molecular weight excluding hydrogens is 248 g/mol. The lowest BCUT2D eigenvalue weighted by atomic mass is 10.0. The Morgan fingerprint density at radius 3 is 2.90 bits per heavy atom. The van der Waals surface area contributed by atoms with Crippen molar-refractivity contribution in [3.63, 3.8) is 0 Å². The summed E-state index contributed by atoms with van der Waals surface area (Å²) in [4.78, 5) is 15.3. The van der Waals surface area contributed by atoms with Gasteiger partial charge in [-0.1, -0.05) is 31.5 Å². The second-order valence-electron chi connectivity index (χ2n) is 6.06. The van der Waals surface area contributed by atoms with E-state index in [-0.39, 0.29) is 5.91 Å². The summed E-state index contributed by atoms with van der Waals surface area (Å²) < 4.78 is 0. The van der Waals surface area contributed by atoms with E-state index in [9.17, 15) is 4.79 Å². The average molecular weight is 270 g/mol. The Morgan fingerprint density at radius 1 is 1.35 bits per heavy atom. The van der Waals surface area contributed by atoms with Crippen LogP contribution in [0.4, 0.5) is 0 Å². The van der Waals surface area contributed by atoms with Gasteiger partial charge >= 0.3 is 0 Å². The van der Waals surface area contributed by atoms with E-state index in [2.05, 4.69) is 23.3 Å². The highest BCUT2D eigenvalue weighted by Gasteiger charge is 2.41. The van der Waals surface area contributed by atoms with Crippen LogP contribution in [0.15, 0.2) is 30.5 Å². The van der Waals surface area contributed by atoms with Gasteiger partial charge in [0.2, 0.25) is 5.91 Å². The zero-order valence-electron chi connectivity index (χ0n) is 12.0. The molecule has 1 aliphatic rings. The highest BCUT2D eigenvalue weighted by molar-refractivity contribution is 5.88. The number of fused-ring (bicyclic) bond motifs is 1. The minimum absolute atomic E-state index is 0.136. The number of nitrogens with one attached hydrogen (secondary N) is 2. The molecule has 2 N–H and O–H groups in total. The van der Waals surface area contributed by atoms with Gasteiger partial charge in [-0.2, -0.15) is 0 Å². The van der Waals surface area contributed by atoms with Gasteiger partial charge in [-0.05, 0) is 36.3 Å². The standard InChI is InChI=1S/C17H22N2O/c1-2-7-17(8-9-17)12-19-16(20)10-13-11-18-15-6-4-3-5-14(13)15/h3-6,11,18H,2,7-10,12H2,1H3,(H,19,20). The van der Waals surface area contributed by atoms with Gasteiger partial charge in [-0.15, -0.1) is 0 Å². The summed E-state index contributed by atoms with van der Waals surface area (Å²) in [6, 6.07) is 8.12. The fourth-order valence-corrected chi connectivity index (χ4v) is 3.02. The lowest BCUT2D eigenvalue weighted by molar-refractivity contribution is -0.120. The number of hydrogen-bond donors (Lipinski definition) is 2. The van der Waals surface area contributed by atoms with Crippen molar-refractivity contribution in [2.24, 2.45) is 5.41 Å². The van der Waals surface area contributed by atoms with Crippen LogP contribution in [0.5, 0.6) is 0 Å². The molecule has 1 amide bonds. The molecule has 2 aromatic rings. The largest absolute Gasteiger partial charge is 0.361 e. The van der Waals surface area contributed by atoms with Gasteiger partial charge in [0.05, 0.1) is 6.42 Å². The Kier molecular flexibility index (Phi) is 3.51. The molecule has 1 saturated carbocycles. The number of carbonyl (C=O) groups excluding carboxylic acids is 1. The summed E-state index contributed by atoms with van der Waals surface area (Å²) >= 11 is 0. The molecule has 20 heavy (non-hydrogen) atoms. The van der Waals surface area contributed by atoms with Crippen molar-refractivity contribution in [2.75, 3.05) is 6.54 Å². The van der Waals surface area contributed by atoms with E-state index in [1.165, 1.54) is 25.7 Å². The molecule has 1 heterocycles. The topological polar surface area (TPSA) is 44.9 Å². The van der Waals surface area contributed by atoms with Gasteiger partial charge in [0.25, 0.3) is 0 Å². The summed E-state index contributed by atoms with van der Waals surface area (Å²) in [5.74, 6) is 0.136. The zero-order chi connectivity index (χ0) is 14.0. The van der Waals surface area contributed by atoms with Crippen LogP contribution in [0, 0.1) is 5.41 Å². The predicted octanol–water partition coefficient (Wildman–Crippen LogP) is 3.41. The third-order valence-corrected chi connectivity index (χ3v) is 4.42. The number of rotatable bonds is 6. The molecule has 0 spiro atoms. The molecule has 3 nitrogen and oxygen atoms in total. The van der Waals surface area contributed by atoms with E-state index in [1.807, 2.05) is 24.4 Å². The van der Waals surface area contributed by atoms with Crippen LogP contribution >= 0.6 is 0 Å². The molecule has 1 aromatic carbocycles. The number of amides is 1. The number of aromatic amines is 1. The van der Waals surface area contributed by atoms with E-state index < -0.39 is 0 Å². The van der Waals surface area contributed by atoms with Gasteiger partial charge in [0.1, 0.15) is 0 Å². The predicted molar refractivity (Wildman–Crippen MR) is 81.6 cm³/mol. The molecule has 0 radical (unpaired) electrons. The average Bonchev–Trinajstić information content (AvgIpc) is 3.11. The van der Waals surface area contributed by atoms with Gasteiger partial charge in [0, 0.05) is 23.6 Å². The van der Waals surface area contributed by atoms with Crippen molar-refractivity contribution in [3.8, 4) is 0 Å². The first-order valence-corrected chi connectivity index (χ1v) is 7.54. The summed E-state index contributed by atoms with van der Waals surface area (Å²) in [5, 5.41) is 4.27. The van der Waals surface area contributed by atoms with E-state index in [0.29, 0.717) is 11.8 Å². The molecule has 1 aliphatic carbocycles. The smallest absolute Gasteiger partial charge is 0.224 e. The van der Waals surface area contributed by atoms with Gasteiger partial charge < -0.3 is 10.3 Å². The van der Waals surface area contributed by atoms with Crippen molar-refractivity contribution in [3.05, 3.63) is 36.0 Å². The second kappa shape index (κ2) is 5.31. The SMILES string of the molecule is CCCC1(CNC(=O)Cc2c[nH]c3ccccc23)CC1. The van der Waals surface area contributed by atoms with Crippen molar-refractivity contribution in [1.82, 2.24) is 10.3 Å². The summed E-state index contributed by atoms with van der Waals surface area (Å²) in [6.07, 6.45) is 7.40. The molecule has 3 heteroatoms. The van der Waals surface area contributed by atoms with Crippen LogP contribution in [0.25, 0.3) is 10.9 Å². The molecule has 0 unspecified atom stereocenters. The number of aromatic nitrogens is 1. The first-order chi connectivity index (χ1) is 9.72. The number of carbonyl (C=O) groups is 1. The third-order valence-electron chi connectivity index (χ3n) is 4.42. The van der Waals surface area contributed by atoms with Crippen LogP contribution < -0.4 is 5.32 Å². The van der Waals surface area contributed by atoms with Gasteiger partial charge in [0.15, 0.2) is 0 Å². The van der Waals surface area contributed by atoms with Gasteiger partial charge in [-0.25, -0.2) is 0 Å². The number of para-hydroxylation sites is 1. The molecule has 0 atom stereocenters. The number of benzene rings is 1. The molecule has 106 valence electrons. The van der Waals surface area contributed by atoms with Crippen molar-refractivity contribution >= 4 is 16.8 Å². The molecule has 0 aliphatic heterocycles. The van der Waals surface area contributed by atoms with Crippen molar-refractivity contribution in [1.29, 1.82) is 0 Å². The normalized spacial score (nSPS) is 16.2. The van der Waals surface area contributed by atoms with Crippen molar-refractivity contribution < 1.29 is 4.79 Å². The molecular formula is C17H22N2O. The molecule has 3 rings (SSSR count).